The molecule has 0 spiro atoms. The van der Waals surface area contributed by atoms with E-state index in [0.717, 1.165) is 0 Å². The molecule has 1 aliphatic carbocycles. The van der Waals surface area contributed by atoms with Crippen LogP contribution in [0.5, 0.6) is 0 Å². The third-order valence-corrected chi connectivity index (χ3v) is 2.55. The van der Waals surface area contributed by atoms with Crippen LogP contribution in [-0.2, 0) is 0 Å². The first-order valence-corrected chi connectivity index (χ1v) is 5.10. The van der Waals surface area contributed by atoms with Crippen LogP contribution in [0.15, 0.2) is 45.6 Å². The van der Waals surface area contributed by atoms with Gasteiger partial charge in [0.05, 0.1) is 0 Å². The Kier molecular flexibility index (Phi) is 1.94. The predicted octanol–water partition coefficient (Wildman–Crippen LogP) is 2.95. The lowest BCUT2D eigenvalue weighted by Crippen LogP contribution is -1.99. The molecule has 1 aromatic carbocycles. The van der Waals surface area contributed by atoms with E-state index in [-0.39, 0.29) is 5.43 Å². The smallest absolute Gasteiger partial charge is 0.182 e. The van der Waals surface area contributed by atoms with Crippen LogP contribution in [0.4, 0.5) is 0 Å². The molecule has 4 heteroatoms. The first-order valence-electron chi connectivity index (χ1n) is 4.72. The average Bonchev–Trinajstić information content (AvgIpc) is 2.26. The molecule has 1 heterocycles. The second-order valence-electron chi connectivity index (χ2n) is 3.46. The second-order valence-corrected chi connectivity index (χ2v) is 3.89. The van der Waals surface area contributed by atoms with Gasteiger partial charge in [-0.25, -0.2) is 4.98 Å². The molecule has 0 N–H and O–H groups in total. The molecule has 3 rings (SSSR count). The number of rotatable bonds is 0. The summed E-state index contributed by atoms with van der Waals surface area (Å²) in [7, 11) is 0. The number of nitrogens with zero attached hydrogens (tertiary/aromatic N) is 1. The van der Waals surface area contributed by atoms with Crippen LogP contribution in [0.1, 0.15) is 0 Å². The highest BCUT2D eigenvalue weighted by Crippen LogP contribution is 2.25. The minimum absolute atomic E-state index is 0.0913. The minimum atomic E-state index is -0.0913. The van der Waals surface area contributed by atoms with E-state index in [2.05, 4.69) is 4.98 Å². The molecule has 0 saturated carbocycles. The predicted molar refractivity (Wildman–Crippen MR) is 61.9 cm³/mol. The Balaban J connectivity index is 2.45. The van der Waals surface area contributed by atoms with E-state index in [1.165, 1.54) is 12.1 Å². The molecule has 0 atom stereocenters. The van der Waals surface area contributed by atoms with Crippen LogP contribution in [0.25, 0.3) is 22.6 Å². The SMILES string of the molecule is O=c1ccc2nc3cc(Cl)ccc3oc-2c1. The fraction of sp³-hybridized carbons (Fsp3) is 0. The molecule has 1 aliphatic heterocycles. The van der Waals surface area contributed by atoms with Crippen molar-refractivity contribution in [3.63, 3.8) is 0 Å². The monoisotopic (exact) mass is 231 g/mol. The Bertz CT molecular complexity index is 705. The van der Waals surface area contributed by atoms with Crippen molar-refractivity contribution in [2.24, 2.45) is 0 Å². The zero-order valence-corrected chi connectivity index (χ0v) is 8.86. The fourth-order valence-electron chi connectivity index (χ4n) is 1.58. The van der Waals surface area contributed by atoms with E-state index in [4.69, 9.17) is 16.0 Å². The summed E-state index contributed by atoms with van der Waals surface area (Å²) < 4.78 is 5.56. The van der Waals surface area contributed by atoms with Crippen LogP contribution in [0.3, 0.4) is 0 Å². The molecule has 0 fully saturated rings. The summed E-state index contributed by atoms with van der Waals surface area (Å²) in [4.78, 5) is 15.5. The molecular weight excluding hydrogens is 226 g/mol. The van der Waals surface area contributed by atoms with E-state index in [0.29, 0.717) is 27.6 Å². The van der Waals surface area contributed by atoms with Gasteiger partial charge in [-0.15, -0.1) is 0 Å². The van der Waals surface area contributed by atoms with Crippen LogP contribution in [-0.4, -0.2) is 4.98 Å². The highest BCUT2D eigenvalue weighted by atomic mass is 35.5. The molecule has 0 amide bonds. The van der Waals surface area contributed by atoms with Crippen molar-refractivity contribution in [3.05, 3.63) is 51.6 Å². The first kappa shape index (κ1) is 9.36. The minimum Gasteiger partial charge on any atom is -0.453 e. The number of hydrogen-bond donors (Lipinski definition) is 0. The fourth-order valence-corrected chi connectivity index (χ4v) is 1.75. The molecule has 0 saturated heterocycles. The second kappa shape index (κ2) is 3.32. The first-order chi connectivity index (χ1) is 7.72. The van der Waals surface area contributed by atoms with Gasteiger partial charge in [-0.3, -0.25) is 4.79 Å². The molecule has 3 nitrogen and oxygen atoms in total. The molecular formula is C12H6ClNO2. The summed E-state index contributed by atoms with van der Waals surface area (Å²) in [6.07, 6.45) is 0. The molecule has 16 heavy (non-hydrogen) atoms. The van der Waals surface area contributed by atoms with Crippen LogP contribution >= 0.6 is 11.6 Å². The Morgan fingerprint density at radius 3 is 2.88 bits per heavy atom. The van der Waals surface area contributed by atoms with Gasteiger partial charge in [-0.05, 0) is 30.3 Å². The maximum absolute atomic E-state index is 11.2. The van der Waals surface area contributed by atoms with Gasteiger partial charge in [-0.2, -0.15) is 0 Å². The lowest BCUT2D eigenvalue weighted by atomic mass is 10.2. The molecule has 0 bridgehead atoms. The topological polar surface area (TPSA) is 43.1 Å². The van der Waals surface area contributed by atoms with Gasteiger partial charge in [0.2, 0.25) is 0 Å². The summed E-state index contributed by atoms with van der Waals surface area (Å²) in [5.74, 6) is 0.488. The zero-order chi connectivity index (χ0) is 11.1. The van der Waals surface area contributed by atoms with Gasteiger partial charge in [0, 0.05) is 11.1 Å². The van der Waals surface area contributed by atoms with Gasteiger partial charge < -0.3 is 4.42 Å². The molecule has 1 aromatic rings. The van der Waals surface area contributed by atoms with E-state index < -0.39 is 0 Å². The molecule has 0 unspecified atom stereocenters. The summed E-state index contributed by atoms with van der Waals surface area (Å²) in [5, 5.41) is 0.606. The maximum Gasteiger partial charge on any atom is 0.182 e. The zero-order valence-electron chi connectivity index (χ0n) is 8.11. The van der Waals surface area contributed by atoms with Crippen molar-refractivity contribution in [1.29, 1.82) is 0 Å². The standard InChI is InChI=1S/C12H6ClNO2/c13-7-1-4-11-10(5-7)14-9-3-2-8(15)6-12(9)16-11/h1-6H. The van der Waals surface area contributed by atoms with Crippen LogP contribution in [0, 0.1) is 0 Å². The third-order valence-electron chi connectivity index (χ3n) is 2.31. The Morgan fingerprint density at radius 1 is 1.12 bits per heavy atom. The van der Waals surface area contributed by atoms with Crippen molar-refractivity contribution in [2.45, 2.75) is 0 Å². The Hall–Kier alpha value is -1.87. The summed E-state index contributed by atoms with van der Waals surface area (Å²) in [5.41, 5.74) is 1.85. The normalized spacial score (nSPS) is 11.1. The number of benzene rings is 2. The molecule has 78 valence electrons. The maximum atomic E-state index is 11.2. The van der Waals surface area contributed by atoms with Gasteiger partial charge >= 0.3 is 0 Å². The number of aromatic nitrogens is 1. The molecule has 0 radical (unpaired) electrons. The largest absolute Gasteiger partial charge is 0.453 e. The Morgan fingerprint density at radius 2 is 2.00 bits per heavy atom. The average molecular weight is 232 g/mol. The molecule has 2 aliphatic rings. The van der Waals surface area contributed by atoms with Crippen molar-refractivity contribution in [1.82, 2.24) is 4.98 Å². The highest BCUT2D eigenvalue weighted by Gasteiger charge is 2.08. The van der Waals surface area contributed by atoms with E-state index in [1.54, 1.807) is 24.3 Å². The highest BCUT2D eigenvalue weighted by molar-refractivity contribution is 6.31. The van der Waals surface area contributed by atoms with Gasteiger partial charge in [-0.1, -0.05) is 11.6 Å². The van der Waals surface area contributed by atoms with Gasteiger partial charge in [0.15, 0.2) is 16.8 Å². The summed E-state index contributed by atoms with van der Waals surface area (Å²) in [6, 6.07) is 9.72. The van der Waals surface area contributed by atoms with Crippen molar-refractivity contribution in [3.8, 4) is 11.5 Å². The summed E-state index contributed by atoms with van der Waals surface area (Å²) in [6.45, 7) is 0. The number of fused-ring (bicyclic) bond motifs is 2. The lowest BCUT2D eigenvalue weighted by Gasteiger charge is -2.04. The Labute approximate surface area is 95.6 Å². The van der Waals surface area contributed by atoms with Crippen LogP contribution in [0.2, 0.25) is 5.02 Å². The van der Waals surface area contributed by atoms with Gasteiger partial charge in [0.25, 0.3) is 0 Å². The van der Waals surface area contributed by atoms with Gasteiger partial charge in [0.1, 0.15) is 11.2 Å². The van der Waals surface area contributed by atoms with Crippen molar-refractivity contribution >= 4 is 22.7 Å². The van der Waals surface area contributed by atoms with Crippen molar-refractivity contribution in [2.75, 3.05) is 0 Å². The van der Waals surface area contributed by atoms with Crippen LogP contribution < -0.4 is 5.43 Å². The third kappa shape index (κ3) is 1.46. The summed E-state index contributed by atoms with van der Waals surface area (Å²) >= 11 is 5.86. The number of hydrogen-bond acceptors (Lipinski definition) is 3. The number of halogens is 1. The quantitative estimate of drug-likeness (QED) is 0.559. The van der Waals surface area contributed by atoms with E-state index in [1.807, 2.05) is 0 Å². The van der Waals surface area contributed by atoms with E-state index >= 15 is 0 Å². The lowest BCUT2D eigenvalue weighted by molar-refractivity contribution is 0.612. The van der Waals surface area contributed by atoms with Crippen molar-refractivity contribution < 1.29 is 4.42 Å². The van der Waals surface area contributed by atoms with E-state index in [9.17, 15) is 4.79 Å². The molecule has 0 aromatic heterocycles.